The maximum Gasteiger partial charge on any atom is 0.185 e. The lowest BCUT2D eigenvalue weighted by atomic mass is 10.0. The molecule has 0 amide bonds. The van der Waals surface area contributed by atoms with Gasteiger partial charge in [0.25, 0.3) is 0 Å². The summed E-state index contributed by atoms with van der Waals surface area (Å²) in [5, 5.41) is 2.54. The van der Waals surface area contributed by atoms with Crippen molar-refractivity contribution in [1.82, 2.24) is 9.38 Å². The van der Waals surface area contributed by atoms with Crippen molar-refractivity contribution < 1.29 is 4.79 Å². The number of carbonyl (C=O) groups is 1. The molecule has 0 aliphatic rings. The first kappa shape index (κ1) is 14.7. The first-order chi connectivity index (χ1) is 11.7. The number of halogens is 1. The van der Waals surface area contributed by atoms with Crippen molar-refractivity contribution in [3.05, 3.63) is 89.3 Å². The van der Waals surface area contributed by atoms with E-state index in [0.29, 0.717) is 16.4 Å². The van der Waals surface area contributed by atoms with Crippen LogP contribution in [-0.2, 0) is 0 Å². The van der Waals surface area contributed by atoms with Gasteiger partial charge in [0.1, 0.15) is 5.65 Å². The van der Waals surface area contributed by atoms with E-state index in [4.69, 9.17) is 11.6 Å². The van der Waals surface area contributed by atoms with E-state index in [1.54, 1.807) is 6.08 Å². The number of pyridine rings is 1. The summed E-state index contributed by atoms with van der Waals surface area (Å²) >= 11 is 6.18. The highest BCUT2D eigenvalue weighted by Crippen LogP contribution is 2.20. The fourth-order valence-electron chi connectivity index (χ4n) is 2.73. The molecule has 2 heterocycles. The van der Waals surface area contributed by atoms with Gasteiger partial charge in [0.15, 0.2) is 10.9 Å². The molecule has 0 spiro atoms. The van der Waals surface area contributed by atoms with Crippen LogP contribution in [0.25, 0.3) is 22.5 Å². The number of hydrogen-bond donors (Lipinski definition) is 0. The number of nitrogens with zero attached hydrogens (tertiary/aromatic N) is 2. The normalized spacial score (nSPS) is 11.5. The molecule has 116 valence electrons. The quantitative estimate of drug-likeness (QED) is 0.389. The number of rotatable bonds is 3. The monoisotopic (exact) mass is 332 g/mol. The van der Waals surface area contributed by atoms with Crippen LogP contribution in [0.5, 0.6) is 0 Å². The van der Waals surface area contributed by atoms with Crippen molar-refractivity contribution >= 4 is 39.9 Å². The van der Waals surface area contributed by atoms with Gasteiger partial charge in [-0.1, -0.05) is 54.1 Å². The molecule has 4 rings (SSSR count). The summed E-state index contributed by atoms with van der Waals surface area (Å²) in [7, 11) is 0. The third-order valence-electron chi connectivity index (χ3n) is 3.95. The first-order valence-corrected chi connectivity index (χ1v) is 7.94. The van der Waals surface area contributed by atoms with E-state index in [1.807, 2.05) is 71.3 Å². The lowest BCUT2D eigenvalue weighted by molar-refractivity contribution is 0.104. The molecule has 0 radical (unpaired) electrons. The SMILES string of the molecule is O=C(/C=C/c1c(Cl)nc2ccccn12)c1ccc2ccccc2c1. The van der Waals surface area contributed by atoms with Gasteiger partial charge in [-0.05, 0) is 41.1 Å². The number of benzene rings is 2. The average molecular weight is 333 g/mol. The van der Waals surface area contributed by atoms with Gasteiger partial charge in [-0.2, -0.15) is 0 Å². The lowest BCUT2D eigenvalue weighted by Crippen LogP contribution is -1.94. The topological polar surface area (TPSA) is 34.4 Å². The molecule has 2 aromatic carbocycles. The fourth-order valence-corrected chi connectivity index (χ4v) is 2.97. The number of carbonyl (C=O) groups excluding carboxylic acids is 1. The molecule has 0 aliphatic carbocycles. The van der Waals surface area contributed by atoms with Crippen molar-refractivity contribution in [2.24, 2.45) is 0 Å². The van der Waals surface area contributed by atoms with Crippen molar-refractivity contribution in [3.8, 4) is 0 Å². The Hall–Kier alpha value is -2.91. The number of allylic oxidation sites excluding steroid dienone is 1. The van der Waals surface area contributed by atoms with Crippen LogP contribution < -0.4 is 0 Å². The molecule has 2 aromatic heterocycles. The molecule has 0 aliphatic heterocycles. The Morgan fingerprint density at radius 1 is 1.00 bits per heavy atom. The molecule has 4 aromatic rings. The van der Waals surface area contributed by atoms with E-state index in [0.717, 1.165) is 16.4 Å². The maximum atomic E-state index is 12.5. The van der Waals surface area contributed by atoms with Crippen molar-refractivity contribution in [2.45, 2.75) is 0 Å². The zero-order valence-corrected chi connectivity index (χ0v) is 13.4. The second-order valence-corrected chi connectivity index (χ2v) is 5.83. The number of aromatic nitrogens is 2. The molecule has 0 unspecified atom stereocenters. The fraction of sp³-hybridized carbons (Fsp3) is 0. The second-order valence-electron chi connectivity index (χ2n) is 5.48. The van der Waals surface area contributed by atoms with E-state index in [1.165, 1.54) is 6.08 Å². The van der Waals surface area contributed by atoms with Crippen LogP contribution in [0.2, 0.25) is 5.15 Å². The van der Waals surface area contributed by atoms with Crippen LogP contribution >= 0.6 is 11.6 Å². The number of ketones is 1. The highest BCUT2D eigenvalue weighted by Gasteiger charge is 2.08. The van der Waals surface area contributed by atoms with Gasteiger partial charge in [0, 0.05) is 11.8 Å². The van der Waals surface area contributed by atoms with Gasteiger partial charge in [-0.3, -0.25) is 9.20 Å². The summed E-state index contributed by atoms with van der Waals surface area (Å²) in [6, 6.07) is 19.3. The molecule has 0 atom stereocenters. The molecule has 0 fully saturated rings. The maximum absolute atomic E-state index is 12.5. The molecule has 24 heavy (non-hydrogen) atoms. The minimum atomic E-state index is -0.0669. The Morgan fingerprint density at radius 2 is 1.79 bits per heavy atom. The first-order valence-electron chi connectivity index (χ1n) is 7.56. The van der Waals surface area contributed by atoms with Crippen molar-refractivity contribution in [2.75, 3.05) is 0 Å². The summed E-state index contributed by atoms with van der Waals surface area (Å²) in [6.45, 7) is 0. The van der Waals surface area contributed by atoms with E-state index in [-0.39, 0.29) is 5.78 Å². The minimum absolute atomic E-state index is 0.0669. The third kappa shape index (κ3) is 2.59. The average Bonchev–Trinajstić information content (AvgIpc) is 2.94. The van der Waals surface area contributed by atoms with E-state index in [2.05, 4.69) is 4.98 Å². The summed E-state index contributed by atoms with van der Waals surface area (Å²) in [5.41, 5.74) is 2.09. The Balaban J connectivity index is 1.69. The summed E-state index contributed by atoms with van der Waals surface area (Å²) in [6.07, 6.45) is 5.11. The van der Waals surface area contributed by atoms with Crippen LogP contribution in [-0.4, -0.2) is 15.2 Å². The van der Waals surface area contributed by atoms with Gasteiger partial charge >= 0.3 is 0 Å². The highest BCUT2D eigenvalue weighted by molar-refractivity contribution is 6.31. The Labute approximate surface area is 143 Å². The summed E-state index contributed by atoms with van der Waals surface area (Å²) in [5.74, 6) is -0.0669. The molecule has 0 N–H and O–H groups in total. The Kier molecular flexibility index (Phi) is 3.63. The number of fused-ring (bicyclic) bond motifs is 2. The van der Waals surface area contributed by atoms with Gasteiger partial charge in [0.2, 0.25) is 0 Å². The van der Waals surface area contributed by atoms with Gasteiger partial charge in [-0.15, -0.1) is 0 Å². The van der Waals surface area contributed by atoms with Crippen LogP contribution in [0, 0.1) is 0 Å². The van der Waals surface area contributed by atoms with Crippen LogP contribution in [0.3, 0.4) is 0 Å². The van der Waals surface area contributed by atoms with Crippen LogP contribution in [0.1, 0.15) is 16.1 Å². The van der Waals surface area contributed by atoms with Gasteiger partial charge < -0.3 is 0 Å². The van der Waals surface area contributed by atoms with Crippen LogP contribution in [0.15, 0.2) is 72.9 Å². The lowest BCUT2D eigenvalue weighted by Gasteiger charge is -2.00. The standard InChI is InChI=1S/C20H13ClN2O/c21-20-17(23-12-4-3-7-19(23)22-20)10-11-18(24)16-9-8-14-5-1-2-6-15(14)13-16/h1-13H/b11-10+. The highest BCUT2D eigenvalue weighted by atomic mass is 35.5. The van der Waals surface area contributed by atoms with Crippen molar-refractivity contribution in [3.63, 3.8) is 0 Å². The van der Waals surface area contributed by atoms with Gasteiger partial charge in [0.05, 0.1) is 5.69 Å². The Morgan fingerprint density at radius 3 is 2.67 bits per heavy atom. The van der Waals surface area contributed by atoms with E-state index in [9.17, 15) is 4.79 Å². The smallest absolute Gasteiger partial charge is 0.185 e. The van der Waals surface area contributed by atoms with Crippen molar-refractivity contribution in [1.29, 1.82) is 0 Å². The number of imidazole rings is 1. The minimum Gasteiger partial charge on any atom is -0.299 e. The second kappa shape index (κ2) is 5.95. The third-order valence-corrected chi connectivity index (χ3v) is 4.23. The predicted molar refractivity (Wildman–Crippen MR) is 97.5 cm³/mol. The van der Waals surface area contributed by atoms with Crippen LogP contribution in [0.4, 0.5) is 0 Å². The van der Waals surface area contributed by atoms with Gasteiger partial charge in [-0.25, -0.2) is 4.98 Å². The van der Waals surface area contributed by atoms with E-state index >= 15 is 0 Å². The largest absolute Gasteiger partial charge is 0.299 e. The zero-order chi connectivity index (χ0) is 16.5. The molecule has 3 nitrogen and oxygen atoms in total. The molecular weight excluding hydrogens is 320 g/mol. The molecular formula is C20H13ClN2O. The predicted octanol–water partition coefficient (Wildman–Crippen LogP) is 5.04. The summed E-state index contributed by atoms with van der Waals surface area (Å²) in [4.78, 5) is 16.7. The molecule has 0 saturated heterocycles. The molecule has 0 bridgehead atoms. The molecule has 0 saturated carbocycles. The Bertz CT molecular complexity index is 1100. The van der Waals surface area contributed by atoms with E-state index < -0.39 is 0 Å². The zero-order valence-electron chi connectivity index (χ0n) is 12.7. The number of hydrogen-bond acceptors (Lipinski definition) is 2. The molecule has 4 heteroatoms. The summed E-state index contributed by atoms with van der Waals surface area (Å²) < 4.78 is 1.85.